The van der Waals surface area contributed by atoms with E-state index < -0.39 is 0 Å². The van der Waals surface area contributed by atoms with Crippen LogP contribution in [0.1, 0.15) is 10.4 Å². The monoisotopic (exact) mass is 254 g/mol. The molecule has 4 nitrogen and oxygen atoms in total. The van der Waals surface area contributed by atoms with Crippen molar-refractivity contribution in [1.82, 2.24) is 9.88 Å². The molecular formula is C15H14N2O2. The SMILES string of the molecule is CN(C)C(=O)c1cccc2[nH]c(-c3ccco3)cc12. The lowest BCUT2D eigenvalue weighted by atomic mass is 10.1. The molecule has 96 valence electrons. The maximum absolute atomic E-state index is 12.1. The molecule has 0 aliphatic rings. The highest BCUT2D eigenvalue weighted by molar-refractivity contribution is 6.07. The molecule has 4 heteroatoms. The molecule has 0 unspecified atom stereocenters. The third-order valence-corrected chi connectivity index (χ3v) is 3.09. The summed E-state index contributed by atoms with van der Waals surface area (Å²) in [5, 5.41) is 0.910. The Bertz CT molecular complexity index is 724. The van der Waals surface area contributed by atoms with E-state index in [1.807, 2.05) is 36.4 Å². The van der Waals surface area contributed by atoms with Crippen molar-refractivity contribution in [3.05, 3.63) is 48.2 Å². The number of carbonyl (C=O) groups is 1. The third-order valence-electron chi connectivity index (χ3n) is 3.09. The maximum atomic E-state index is 12.1. The van der Waals surface area contributed by atoms with E-state index in [2.05, 4.69) is 4.98 Å². The molecule has 0 aliphatic carbocycles. The smallest absolute Gasteiger partial charge is 0.254 e. The molecule has 1 N–H and O–H groups in total. The fourth-order valence-electron chi connectivity index (χ4n) is 2.15. The minimum absolute atomic E-state index is 0.00408. The van der Waals surface area contributed by atoms with Crippen molar-refractivity contribution in [3.8, 4) is 11.5 Å². The Morgan fingerprint density at radius 1 is 1.21 bits per heavy atom. The maximum Gasteiger partial charge on any atom is 0.254 e. The second kappa shape index (κ2) is 4.31. The minimum Gasteiger partial charge on any atom is -0.463 e. The zero-order valence-electron chi connectivity index (χ0n) is 10.8. The normalized spacial score (nSPS) is 10.8. The number of benzene rings is 1. The van der Waals surface area contributed by atoms with E-state index >= 15 is 0 Å². The number of carbonyl (C=O) groups excluding carboxylic acids is 1. The highest BCUT2D eigenvalue weighted by atomic mass is 16.3. The van der Waals surface area contributed by atoms with Crippen LogP contribution in [0.5, 0.6) is 0 Å². The summed E-state index contributed by atoms with van der Waals surface area (Å²) in [7, 11) is 3.50. The van der Waals surface area contributed by atoms with E-state index in [0.717, 1.165) is 22.4 Å². The second-order valence-corrected chi connectivity index (χ2v) is 4.63. The number of fused-ring (bicyclic) bond motifs is 1. The largest absolute Gasteiger partial charge is 0.463 e. The molecular weight excluding hydrogens is 240 g/mol. The fourth-order valence-corrected chi connectivity index (χ4v) is 2.15. The first kappa shape index (κ1) is 11.6. The summed E-state index contributed by atoms with van der Waals surface area (Å²) in [5.74, 6) is 0.759. The number of furan rings is 1. The molecule has 0 aliphatic heterocycles. The van der Waals surface area contributed by atoms with Crippen LogP contribution in [0.4, 0.5) is 0 Å². The number of rotatable bonds is 2. The van der Waals surface area contributed by atoms with Crippen LogP contribution in [0.2, 0.25) is 0 Å². The molecule has 0 fully saturated rings. The van der Waals surface area contributed by atoms with Gasteiger partial charge in [0.15, 0.2) is 0 Å². The van der Waals surface area contributed by atoms with Gasteiger partial charge < -0.3 is 14.3 Å². The topological polar surface area (TPSA) is 49.2 Å². The van der Waals surface area contributed by atoms with Crippen molar-refractivity contribution in [3.63, 3.8) is 0 Å². The molecule has 2 aromatic heterocycles. The highest BCUT2D eigenvalue weighted by Crippen LogP contribution is 2.27. The van der Waals surface area contributed by atoms with Gasteiger partial charge in [-0.25, -0.2) is 0 Å². The zero-order valence-corrected chi connectivity index (χ0v) is 10.8. The average Bonchev–Trinajstić information content (AvgIpc) is 3.05. The van der Waals surface area contributed by atoms with Gasteiger partial charge in [0, 0.05) is 30.6 Å². The van der Waals surface area contributed by atoms with Gasteiger partial charge in [0.25, 0.3) is 5.91 Å². The minimum atomic E-state index is -0.00408. The summed E-state index contributed by atoms with van der Waals surface area (Å²) >= 11 is 0. The first-order valence-electron chi connectivity index (χ1n) is 6.04. The molecule has 0 atom stereocenters. The van der Waals surface area contributed by atoms with E-state index in [1.165, 1.54) is 0 Å². The van der Waals surface area contributed by atoms with Crippen LogP contribution < -0.4 is 0 Å². The van der Waals surface area contributed by atoms with Crippen molar-refractivity contribution >= 4 is 16.8 Å². The molecule has 0 radical (unpaired) electrons. The lowest BCUT2D eigenvalue weighted by Gasteiger charge is -2.10. The molecule has 2 heterocycles. The van der Waals surface area contributed by atoms with Crippen LogP contribution in [-0.2, 0) is 0 Å². The lowest BCUT2D eigenvalue weighted by Crippen LogP contribution is -2.21. The molecule has 0 saturated heterocycles. The fraction of sp³-hybridized carbons (Fsp3) is 0.133. The number of hydrogen-bond acceptors (Lipinski definition) is 2. The lowest BCUT2D eigenvalue weighted by molar-refractivity contribution is 0.0829. The molecule has 3 rings (SSSR count). The first-order chi connectivity index (χ1) is 9.16. The molecule has 3 aromatic rings. The van der Waals surface area contributed by atoms with Crippen LogP contribution in [0, 0.1) is 0 Å². The van der Waals surface area contributed by atoms with Gasteiger partial charge in [0.1, 0.15) is 5.76 Å². The van der Waals surface area contributed by atoms with Crippen LogP contribution in [0.25, 0.3) is 22.4 Å². The van der Waals surface area contributed by atoms with Gasteiger partial charge in [-0.3, -0.25) is 4.79 Å². The van der Waals surface area contributed by atoms with Crippen molar-refractivity contribution in [2.75, 3.05) is 14.1 Å². The Morgan fingerprint density at radius 3 is 2.74 bits per heavy atom. The van der Waals surface area contributed by atoms with E-state index in [0.29, 0.717) is 5.56 Å². The molecule has 1 amide bonds. The number of nitrogens with one attached hydrogen (secondary N) is 1. The van der Waals surface area contributed by atoms with Gasteiger partial charge in [-0.2, -0.15) is 0 Å². The van der Waals surface area contributed by atoms with Gasteiger partial charge in [-0.15, -0.1) is 0 Å². The van der Waals surface area contributed by atoms with Gasteiger partial charge in [0.2, 0.25) is 0 Å². The van der Waals surface area contributed by atoms with Crippen molar-refractivity contribution in [2.45, 2.75) is 0 Å². The number of H-pyrrole nitrogens is 1. The van der Waals surface area contributed by atoms with Crippen LogP contribution in [0.15, 0.2) is 47.1 Å². The van der Waals surface area contributed by atoms with Crippen molar-refractivity contribution < 1.29 is 9.21 Å². The first-order valence-corrected chi connectivity index (χ1v) is 6.04. The predicted molar refractivity (Wildman–Crippen MR) is 74.0 cm³/mol. The Labute approximate surface area is 110 Å². The highest BCUT2D eigenvalue weighted by Gasteiger charge is 2.14. The summed E-state index contributed by atoms with van der Waals surface area (Å²) in [4.78, 5) is 17.0. The second-order valence-electron chi connectivity index (χ2n) is 4.63. The molecule has 19 heavy (non-hydrogen) atoms. The van der Waals surface area contributed by atoms with Gasteiger partial charge >= 0.3 is 0 Å². The van der Waals surface area contributed by atoms with Gasteiger partial charge in [0.05, 0.1) is 12.0 Å². The average molecular weight is 254 g/mol. The summed E-state index contributed by atoms with van der Waals surface area (Å²) in [6.45, 7) is 0. The Kier molecular flexibility index (Phi) is 2.63. The number of nitrogens with zero attached hydrogens (tertiary/aromatic N) is 1. The van der Waals surface area contributed by atoms with E-state index in [-0.39, 0.29) is 5.91 Å². The van der Waals surface area contributed by atoms with Crippen molar-refractivity contribution in [1.29, 1.82) is 0 Å². The zero-order chi connectivity index (χ0) is 13.4. The molecule has 0 bridgehead atoms. The summed E-state index contributed by atoms with van der Waals surface area (Å²) in [6.07, 6.45) is 1.63. The summed E-state index contributed by atoms with van der Waals surface area (Å²) < 4.78 is 5.37. The quantitative estimate of drug-likeness (QED) is 0.763. The summed E-state index contributed by atoms with van der Waals surface area (Å²) in [6, 6.07) is 11.3. The number of aromatic amines is 1. The molecule has 0 saturated carbocycles. The van der Waals surface area contributed by atoms with Crippen LogP contribution in [0.3, 0.4) is 0 Å². The van der Waals surface area contributed by atoms with Gasteiger partial charge in [-0.05, 0) is 30.3 Å². The Balaban J connectivity index is 2.18. The summed E-state index contributed by atoms with van der Waals surface area (Å²) in [5.41, 5.74) is 2.50. The van der Waals surface area contributed by atoms with Crippen LogP contribution >= 0.6 is 0 Å². The van der Waals surface area contributed by atoms with E-state index in [9.17, 15) is 4.79 Å². The Morgan fingerprint density at radius 2 is 2.05 bits per heavy atom. The molecule has 0 spiro atoms. The van der Waals surface area contributed by atoms with Crippen molar-refractivity contribution in [2.24, 2.45) is 0 Å². The number of amides is 1. The predicted octanol–water partition coefficient (Wildman–Crippen LogP) is 3.13. The van der Waals surface area contributed by atoms with Gasteiger partial charge in [-0.1, -0.05) is 6.07 Å². The third kappa shape index (κ3) is 1.91. The standard InChI is InChI=1S/C15H14N2O2/c1-17(2)15(18)10-5-3-6-12-11(10)9-13(16-12)14-7-4-8-19-14/h3-9,16H,1-2H3. The van der Waals surface area contributed by atoms with E-state index in [1.54, 1.807) is 25.3 Å². The van der Waals surface area contributed by atoms with E-state index in [4.69, 9.17) is 4.42 Å². The number of aromatic nitrogens is 1. The number of hydrogen-bond donors (Lipinski definition) is 1. The van der Waals surface area contributed by atoms with Crippen LogP contribution in [-0.4, -0.2) is 29.9 Å². The Hall–Kier alpha value is -2.49. The molecule has 1 aromatic carbocycles.